The number of rotatable bonds is 7. The maximum atomic E-state index is 12.0. The Bertz CT molecular complexity index is 770. The summed E-state index contributed by atoms with van der Waals surface area (Å²) in [6.45, 7) is 1.58. The lowest BCUT2D eigenvalue weighted by atomic mass is 10.1. The predicted octanol–water partition coefficient (Wildman–Crippen LogP) is 1.60. The van der Waals surface area contributed by atoms with Crippen molar-refractivity contribution in [3.05, 3.63) is 59.7 Å². The van der Waals surface area contributed by atoms with Crippen LogP contribution < -0.4 is 15.5 Å². The molecule has 7 nitrogen and oxygen atoms in total. The SMILES string of the molecule is COc1ccc(CC(=O)NC(C)C(=O)NN=Cc2ccc(O)cc2)cc1. The van der Waals surface area contributed by atoms with E-state index in [2.05, 4.69) is 15.8 Å². The summed E-state index contributed by atoms with van der Waals surface area (Å²) < 4.78 is 5.07. The van der Waals surface area contributed by atoms with Gasteiger partial charge >= 0.3 is 0 Å². The number of aromatic hydroxyl groups is 1. The van der Waals surface area contributed by atoms with Crippen LogP contribution in [0.5, 0.6) is 11.5 Å². The Morgan fingerprint density at radius 3 is 2.42 bits per heavy atom. The molecule has 0 aliphatic carbocycles. The number of hydrazone groups is 1. The second-order valence-corrected chi connectivity index (χ2v) is 5.64. The van der Waals surface area contributed by atoms with Gasteiger partial charge in [0, 0.05) is 0 Å². The molecule has 1 atom stereocenters. The van der Waals surface area contributed by atoms with Crippen LogP contribution in [0.25, 0.3) is 0 Å². The fraction of sp³-hybridized carbons (Fsp3) is 0.211. The Hall–Kier alpha value is -3.35. The first-order valence-electron chi connectivity index (χ1n) is 8.02. The van der Waals surface area contributed by atoms with E-state index < -0.39 is 11.9 Å². The van der Waals surface area contributed by atoms with Crippen molar-refractivity contribution in [1.29, 1.82) is 0 Å². The molecular weight excluding hydrogens is 334 g/mol. The summed E-state index contributed by atoms with van der Waals surface area (Å²) in [4.78, 5) is 24.0. The van der Waals surface area contributed by atoms with Crippen molar-refractivity contribution in [3.8, 4) is 11.5 Å². The number of nitrogens with zero attached hydrogens (tertiary/aromatic N) is 1. The zero-order valence-electron chi connectivity index (χ0n) is 14.6. The topological polar surface area (TPSA) is 100 Å². The normalized spacial score (nSPS) is 11.8. The van der Waals surface area contributed by atoms with Crippen molar-refractivity contribution >= 4 is 18.0 Å². The largest absolute Gasteiger partial charge is 0.508 e. The highest BCUT2D eigenvalue weighted by atomic mass is 16.5. The van der Waals surface area contributed by atoms with Crippen molar-refractivity contribution in [2.45, 2.75) is 19.4 Å². The molecule has 0 bridgehead atoms. The molecule has 2 rings (SSSR count). The average molecular weight is 355 g/mol. The van der Waals surface area contributed by atoms with Gasteiger partial charge in [0.05, 0.1) is 19.7 Å². The van der Waals surface area contributed by atoms with Crippen LogP contribution in [0.2, 0.25) is 0 Å². The molecule has 3 N–H and O–H groups in total. The monoisotopic (exact) mass is 355 g/mol. The molecule has 0 saturated carbocycles. The third-order valence-corrected chi connectivity index (χ3v) is 3.58. The quantitative estimate of drug-likeness (QED) is 0.519. The number of nitrogens with one attached hydrogen (secondary N) is 2. The molecule has 0 aromatic heterocycles. The van der Waals surface area contributed by atoms with E-state index in [0.29, 0.717) is 5.75 Å². The Kier molecular flexibility index (Phi) is 6.73. The summed E-state index contributed by atoms with van der Waals surface area (Å²) in [7, 11) is 1.58. The first-order chi connectivity index (χ1) is 12.5. The predicted molar refractivity (Wildman–Crippen MR) is 98.1 cm³/mol. The maximum absolute atomic E-state index is 12.0. The molecule has 0 aliphatic heterocycles. The average Bonchev–Trinajstić information content (AvgIpc) is 2.63. The second-order valence-electron chi connectivity index (χ2n) is 5.64. The van der Waals surface area contributed by atoms with E-state index in [1.165, 1.54) is 18.3 Å². The second kappa shape index (κ2) is 9.22. The smallest absolute Gasteiger partial charge is 0.262 e. The first-order valence-corrected chi connectivity index (χ1v) is 8.02. The highest BCUT2D eigenvalue weighted by molar-refractivity contribution is 5.89. The van der Waals surface area contributed by atoms with Gasteiger partial charge in [-0.3, -0.25) is 9.59 Å². The Morgan fingerprint density at radius 1 is 1.15 bits per heavy atom. The summed E-state index contributed by atoms with van der Waals surface area (Å²) in [5.74, 6) is 0.177. The van der Waals surface area contributed by atoms with Crippen molar-refractivity contribution < 1.29 is 19.4 Å². The highest BCUT2D eigenvalue weighted by Crippen LogP contribution is 2.11. The van der Waals surface area contributed by atoms with Crippen molar-refractivity contribution in [2.75, 3.05) is 7.11 Å². The van der Waals surface area contributed by atoms with E-state index >= 15 is 0 Å². The fourth-order valence-corrected chi connectivity index (χ4v) is 2.11. The van der Waals surface area contributed by atoms with E-state index in [-0.39, 0.29) is 18.1 Å². The first kappa shape index (κ1) is 19.0. The van der Waals surface area contributed by atoms with Gasteiger partial charge in [-0.05, 0) is 54.4 Å². The van der Waals surface area contributed by atoms with Crippen LogP contribution in [0.4, 0.5) is 0 Å². The van der Waals surface area contributed by atoms with E-state index in [1.54, 1.807) is 50.4 Å². The van der Waals surface area contributed by atoms with Gasteiger partial charge in [-0.25, -0.2) is 5.43 Å². The number of methoxy groups -OCH3 is 1. The lowest BCUT2D eigenvalue weighted by molar-refractivity contribution is -0.128. The molecule has 0 heterocycles. The summed E-state index contributed by atoms with van der Waals surface area (Å²) in [6, 6.07) is 12.8. The van der Waals surface area contributed by atoms with Crippen LogP contribution in [0.1, 0.15) is 18.1 Å². The summed E-state index contributed by atoms with van der Waals surface area (Å²) in [6.07, 6.45) is 1.61. The van der Waals surface area contributed by atoms with Gasteiger partial charge in [0.1, 0.15) is 17.5 Å². The number of phenols is 1. The van der Waals surface area contributed by atoms with Crippen molar-refractivity contribution in [2.24, 2.45) is 5.10 Å². The van der Waals surface area contributed by atoms with E-state index in [0.717, 1.165) is 11.1 Å². The van der Waals surface area contributed by atoms with Crippen LogP contribution in [0.15, 0.2) is 53.6 Å². The van der Waals surface area contributed by atoms with Gasteiger partial charge in [-0.2, -0.15) is 5.10 Å². The molecule has 26 heavy (non-hydrogen) atoms. The minimum Gasteiger partial charge on any atom is -0.508 e. The molecule has 2 aromatic carbocycles. The third kappa shape index (κ3) is 5.94. The number of amides is 2. The lowest BCUT2D eigenvalue weighted by Gasteiger charge is -2.12. The highest BCUT2D eigenvalue weighted by Gasteiger charge is 2.15. The van der Waals surface area contributed by atoms with E-state index in [9.17, 15) is 14.7 Å². The molecule has 7 heteroatoms. The Morgan fingerprint density at radius 2 is 1.81 bits per heavy atom. The summed E-state index contributed by atoms with van der Waals surface area (Å²) in [5.41, 5.74) is 3.91. The van der Waals surface area contributed by atoms with Crippen molar-refractivity contribution in [3.63, 3.8) is 0 Å². The Balaban J connectivity index is 1.79. The van der Waals surface area contributed by atoms with Gasteiger partial charge in [0.15, 0.2) is 0 Å². The van der Waals surface area contributed by atoms with E-state index in [4.69, 9.17) is 4.74 Å². The van der Waals surface area contributed by atoms with Gasteiger partial charge in [0.2, 0.25) is 5.91 Å². The minimum atomic E-state index is -0.724. The molecule has 0 spiro atoms. The third-order valence-electron chi connectivity index (χ3n) is 3.58. The molecule has 0 aliphatic rings. The number of carbonyl (C=O) groups excluding carboxylic acids is 2. The van der Waals surface area contributed by atoms with Gasteiger partial charge < -0.3 is 15.2 Å². The van der Waals surface area contributed by atoms with Gasteiger partial charge in [0.25, 0.3) is 5.91 Å². The molecule has 0 radical (unpaired) electrons. The van der Waals surface area contributed by atoms with Crippen LogP contribution >= 0.6 is 0 Å². The summed E-state index contributed by atoms with van der Waals surface area (Å²) in [5, 5.41) is 15.7. The molecule has 136 valence electrons. The van der Waals surface area contributed by atoms with Crippen LogP contribution in [0.3, 0.4) is 0 Å². The minimum absolute atomic E-state index is 0.152. The summed E-state index contributed by atoms with van der Waals surface area (Å²) >= 11 is 0. The molecule has 0 fully saturated rings. The van der Waals surface area contributed by atoms with Crippen LogP contribution in [-0.4, -0.2) is 36.3 Å². The van der Waals surface area contributed by atoms with Crippen molar-refractivity contribution in [1.82, 2.24) is 10.7 Å². The molecular formula is C19H21N3O4. The molecule has 2 aromatic rings. The number of hydrogen-bond acceptors (Lipinski definition) is 5. The number of hydrogen-bond donors (Lipinski definition) is 3. The zero-order chi connectivity index (χ0) is 18.9. The van der Waals surface area contributed by atoms with Crippen LogP contribution in [-0.2, 0) is 16.0 Å². The number of ether oxygens (including phenoxy) is 1. The molecule has 1 unspecified atom stereocenters. The fourth-order valence-electron chi connectivity index (χ4n) is 2.11. The molecule has 2 amide bonds. The van der Waals surface area contributed by atoms with Gasteiger partial charge in [-0.1, -0.05) is 12.1 Å². The lowest BCUT2D eigenvalue weighted by Crippen LogP contribution is -2.43. The molecule has 0 saturated heterocycles. The van der Waals surface area contributed by atoms with Crippen LogP contribution in [0, 0.1) is 0 Å². The number of benzene rings is 2. The van der Waals surface area contributed by atoms with Gasteiger partial charge in [-0.15, -0.1) is 0 Å². The maximum Gasteiger partial charge on any atom is 0.262 e. The number of carbonyl (C=O) groups is 2. The number of phenolic OH excluding ortho intramolecular Hbond substituents is 1. The zero-order valence-corrected chi connectivity index (χ0v) is 14.6. The van der Waals surface area contributed by atoms with E-state index in [1.807, 2.05) is 0 Å². The standard InChI is InChI=1S/C19H21N3O4/c1-13(19(25)22-20-12-15-3-7-16(23)8-4-15)21-18(24)11-14-5-9-17(26-2)10-6-14/h3-10,12-13,23H,11H2,1-2H3,(H,21,24)(H,22,25). The Labute approximate surface area is 151 Å².